The molecule has 0 spiro atoms. The molecule has 4 heteroatoms. The molecule has 0 saturated carbocycles. The largest absolute Gasteiger partial charge is 0.389 e. The quantitative estimate of drug-likeness (QED) is 0.905. The van der Waals surface area contributed by atoms with Crippen LogP contribution in [0.4, 0.5) is 15.8 Å². The monoisotopic (exact) mass is 284 g/mol. The van der Waals surface area contributed by atoms with E-state index in [9.17, 15) is 9.50 Å². The van der Waals surface area contributed by atoms with Gasteiger partial charge in [0.2, 0.25) is 0 Å². The second kappa shape index (κ2) is 6.87. The lowest BCUT2D eigenvalue weighted by Gasteiger charge is -2.27. The average molecular weight is 284 g/mol. The molecule has 0 aliphatic heterocycles. The van der Waals surface area contributed by atoms with Crippen LogP contribution in [0.1, 0.15) is 25.0 Å². The fourth-order valence-corrected chi connectivity index (χ4v) is 2.26. The molecule has 0 aliphatic rings. The smallest absolute Gasteiger partial charge is 0.123 e. The van der Waals surface area contributed by atoms with Crippen LogP contribution >= 0.6 is 0 Å². The van der Waals surface area contributed by atoms with Gasteiger partial charge in [-0.3, -0.25) is 0 Å². The Labute approximate surface area is 123 Å². The summed E-state index contributed by atoms with van der Waals surface area (Å²) in [5.41, 5.74) is 2.13. The van der Waals surface area contributed by atoms with Crippen LogP contribution in [-0.2, 0) is 0 Å². The normalized spacial score (nSPS) is 11.7. The highest BCUT2D eigenvalue weighted by Crippen LogP contribution is 2.32. The zero-order valence-corrected chi connectivity index (χ0v) is 11.8. The molecule has 0 saturated heterocycles. The molecule has 0 amide bonds. The van der Waals surface area contributed by atoms with Crippen LogP contribution in [-0.4, -0.2) is 11.7 Å². The Kier molecular flexibility index (Phi) is 4.91. The summed E-state index contributed by atoms with van der Waals surface area (Å²) in [6.45, 7) is 2.08. The van der Waals surface area contributed by atoms with Gasteiger partial charge in [-0.05, 0) is 37.3 Å². The molecule has 3 nitrogen and oxygen atoms in total. The van der Waals surface area contributed by atoms with E-state index in [4.69, 9.17) is 5.26 Å². The first-order chi connectivity index (χ1) is 10.1. The summed E-state index contributed by atoms with van der Waals surface area (Å²) in [7, 11) is 0. The van der Waals surface area contributed by atoms with Crippen molar-refractivity contribution in [3.8, 4) is 6.07 Å². The minimum atomic E-state index is -0.788. The number of hydrogen-bond acceptors (Lipinski definition) is 3. The molecule has 0 aliphatic carbocycles. The van der Waals surface area contributed by atoms with E-state index in [0.717, 1.165) is 5.69 Å². The van der Waals surface area contributed by atoms with Crippen molar-refractivity contribution in [3.63, 3.8) is 0 Å². The van der Waals surface area contributed by atoms with E-state index in [0.29, 0.717) is 24.2 Å². The van der Waals surface area contributed by atoms with E-state index in [1.165, 1.54) is 12.1 Å². The van der Waals surface area contributed by atoms with E-state index in [-0.39, 0.29) is 5.82 Å². The number of para-hydroxylation sites is 1. The Morgan fingerprint density at radius 3 is 2.57 bits per heavy atom. The summed E-state index contributed by atoms with van der Waals surface area (Å²) in [6.07, 6.45) is -0.449. The third-order valence-electron chi connectivity index (χ3n) is 3.25. The van der Waals surface area contributed by atoms with Crippen LogP contribution in [0.5, 0.6) is 0 Å². The third kappa shape index (κ3) is 3.59. The van der Waals surface area contributed by atoms with Gasteiger partial charge in [0.15, 0.2) is 0 Å². The molecule has 2 aromatic rings. The zero-order chi connectivity index (χ0) is 15.2. The molecule has 0 fully saturated rings. The van der Waals surface area contributed by atoms with Gasteiger partial charge in [-0.25, -0.2) is 4.39 Å². The van der Waals surface area contributed by atoms with Crippen molar-refractivity contribution in [2.75, 3.05) is 11.4 Å². The number of halogens is 1. The van der Waals surface area contributed by atoms with E-state index >= 15 is 0 Å². The summed E-state index contributed by atoms with van der Waals surface area (Å²) in [4.78, 5) is 1.92. The predicted octanol–water partition coefficient (Wildman–Crippen LogP) is 3.93. The van der Waals surface area contributed by atoms with Crippen molar-refractivity contribution < 1.29 is 9.50 Å². The number of benzene rings is 2. The van der Waals surface area contributed by atoms with E-state index in [2.05, 4.69) is 6.07 Å². The summed E-state index contributed by atoms with van der Waals surface area (Å²) in [5.74, 6) is -0.386. The summed E-state index contributed by atoms with van der Waals surface area (Å²) < 4.78 is 13.4. The Hall–Kier alpha value is -2.38. The second-order valence-electron chi connectivity index (χ2n) is 4.77. The number of nitriles is 1. The Morgan fingerprint density at radius 1 is 1.24 bits per heavy atom. The fourth-order valence-electron chi connectivity index (χ4n) is 2.26. The van der Waals surface area contributed by atoms with Gasteiger partial charge in [0.1, 0.15) is 5.82 Å². The van der Waals surface area contributed by atoms with E-state index in [1.807, 2.05) is 35.2 Å². The van der Waals surface area contributed by atoms with Crippen molar-refractivity contribution in [1.29, 1.82) is 5.26 Å². The van der Waals surface area contributed by atoms with Gasteiger partial charge in [0, 0.05) is 23.5 Å². The second-order valence-corrected chi connectivity index (χ2v) is 4.77. The predicted molar refractivity (Wildman–Crippen MR) is 80.7 cm³/mol. The highest BCUT2D eigenvalue weighted by atomic mass is 19.1. The fraction of sp³-hybridized carbons (Fsp3) is 0.235. The first-order valence-electron chi connectivity index (χ1n) is 6.80. The van der Waals surface area contributed by atoms with Gasteiger partial charge in [0.05, 0.1) is 18.6 Å². The number of aliphatic hydroxyl groups is 1. The third-order valence-corrected chi connectivity index (χ3v) is 3.25. The van der Waals surface area contributed by atoms with Gasteiger partial charge in [0.25, 0.3) is 0 Å². The minimum absolute atomic E-state index is 0.339. The SMILES string of the molecule is CC(O)c1cc(F)ccc1N(CCC#N)c1ccccc1. The molecule has 0 bridgehead atoms. The standard InChI is InChI=1S/C17H17FN2O/c1-13(21)16-12-14(18)8-9-17(16)20(11-5-10-19)15-6-3-2-4-7-15/h2-4,6-9,12-13,21H,5,11H2,1H3. The molecule has 21 heavy (non-hydrogen) atoms. The van der Waals surface area contributed by atoms with Crippen molar-refractivity contribution in [1.82, 2.24) is 0 Å². The first kappa shape index (κ1) is 15.0. The van der Waals surface area contributed by atoms with Gasteiger partial charge >= 0.3 is 0 Å². The van der Waals surface area contributed by atoms with Gasteiger partial charge < -0.3 is 10.0 Å². The highest BCUT2D eigenvalue weighted by Gasteiger charge is 2.16. The Morgan fingerprint density at radius 2 is 1.95 bits per heavy atom. The topological polar surface area (TPSA) is 47.3 Å². The van der Waals surface area contributed by atoms with Crippen LogP contribution in [0.3, 0.4) is 0 Å². The number of anilines is 2. The molecule has 1 N–H and O–H groups in total. The van der Waals surface area contributed by atoms with Crippen molar-refractivity contribution >= 4 is 11.4 Å². The lowest BCUT2D eigenvalue weighted by Crippen LogP contribution is -2.20. The molecule has 2 aromatic carbocycles. The van der Waals surface area contributed by atoms with Crippen LogP contribution < -0.4 is 4.90 Å². The van der Waals surface area contributed by atoms with Crippen molar-refractivity contribution in [2.45, 2.75) is 19.4 Å². The number of aliphatic hydroxyl groups excluding tert-OH is 1. The zero-order valence-electron chi connectivity index (χ0n) is 11.8. The van der Waals surface area contributed by atoms with E-state index in [1.54, 1.807) is 13.0 Å². The highest BCUT2D eigenvalue weighted by molar-refractivity contribution is 5.67. The molecule has 1 unspecified atom stereocenters. The molecule has 0 aromatic heterocycles. The maximum absolute atomic E-state index is 13.4. The van der Waals surface area contributed by atoms with Gasteiger partial charge in [-0.2, -0.15) is 5.26 Å². The first-order valence-corrected chi connectivity index (χ1v) is 6.80. The van der Waals surface area contributed by atoms with Crippen molar-refractivity contribution in [3.05, 3.63) is 59.9 Å². The minimum Gasteiger partial charge on any atom is -0.389 e. The maximum Gasteiger partial charge on any atom is 0.123 e. The number of rotatable bonds is 5. The molecule has 0 heterocycles. The lowest BCUT2D eigenvalue weighted by atomic mass is 10.1. The van der Waals surface area contributed by atoms with Crippen LogP contribution in [0.15, 0.2) is 48.5 Å². The van der Waals surface area contributed by atoms with Gasteiger partial charge in [-0.15, -0.1) is 0 Å². The van der Waals surface area contributed by atoms with Crippen molar-refractivity contribution in [2.24, 2.45) is 0 Å². The molecule has 1 atom stereocenters. The number of hydrogen-bond donors (Lipinski definition) is 1. The summed E-state index contributed by atoms with van der Waals surface area (Å²) in [6, 6.07) is 16.0. The van der Waals surface area contributed by atoms with Crippen LogP contribution in [0.25, 0.3) is 0 Å². The average Bonchev–Trinajstić information content (AvgIpc) is 2.49. The Balaban J connectivity index is 2.49. The molecular formula is C17H17FN2O. The van der Waals surface area contributed by atoms with Crippen LogP contribution in [0, 0.1) is 17.1 Å². The van der Waals surface area contributed by atoms with E-state index < -0.39 is 6.10 Å². The Bertz CT molecular complexity index is 635. The van der Waals surface area contributed by atoms with Crippen LogP contribution in [0.2, 0.25) is 0 Å². The summed E-state index contributed by atoms with van der Waals surface area (Å²) >= 11 is 0. The summed E-state index contributed by atoms with van der Waals surface area (Å²) in [5, 5.41) is 18.7. The van der Waals surface area contributed by atoms with Gasteiger partial charge in [-0.1, -0.05) is 18.2 Å². The molecular weight excluding hydrogens is 267 g/mol. The maximum atomic E-state index is 13.4. The number of nitrogens with zero attached hydrogens (tertiary/aromatic N) is 2. The molecule has 108 valence electrons. The lowest BCUT2D eigenvalue weighted by molar-refractivity contribution is 0.199. The molecule has 2 rings (SSSR count). The molecule has 0 radical (unpaired) electrons.